The maximum Gasteiger partial charge on any atom is 0.345 e. The second-order valence-electron chi connectivity index (χ2n) is 6.39. The highest BCUT2D eigenvalue weighted by molar-refractivity contribution is 6.26. The van der Waals surface area contributed by atoms with Gasteiger partial charge in [0.25, 0.3) is 0 Å². The number of aliphatic carboxylic acids is 1. The van der Waals surface area contributed by atoms with Crippen LogP contribution in [-0.2, 0) is 14.3 Å². The van der Waals surface area contributed by atoms with Crippen LogP contribution in [0.3, 0.4) is 0 Å². The maximum absolute atomic E-state index is 12.7. The molecule has 0 radical (unpaired) electrons. The van der Waals surface area contributed by atoms with Gasteiger partial charge in [-0.25, -0.2) is 9.78 Å². The molecule has 0 atom stereocenters. The smallest absolute Gasteiger partial charge is 0.345 e. The Morgan fingerprint density at radius 3 is 3.03 bits per heavy atom. The van der Waals surface area contributed by atoms with E-state index in [2.05, 4.69) is 25.5 Å². The minimum absolute atomic E-state index is 0.0859. The first-order valence-electron chi connectivity index (χ1n) is 8.64. The highest BCUT2D eigenvalue weighted by Crippen LogP contribution is 2.30. The first-order chi connectivity index (χ1) is 14.1. The third-order valence-electron chi connectivity index (χ3n) is 4.57. The summed E-state index contributed by atoms with van der Waals surface area (Å²) >= 11 is 0. The molecule has 4 aromatic rings. The standard InChI is InChI=1S/C20H13N5O4/c26-17-15(6-11-8-22-18-13(11)2-1-5-21-18)29-19(16(17)20(27)28)24-12-4-3-10-9-23-25-14(10)7-12/h1-9,24H,(H,21,22)(H,23,25)(H,27,28). The van der Waals surface area contributed by atoms with Gasteiger partial charge < -0.3 is 20.1 Å². The predicted molar refractivity (Wildman–Crippen MR) is 105 cm³/mol. The molecule has 0 unspecified atom stereocenters. The van der Waals surface area contributed by atoms with E-state index in [4.69, 9.17) is 4.74 Å². The fourth-order valence-electron chi connectivity index (χ4n) is 3.19. The van der Waals surface area contributed by atoms with Crippen LogP contribution in [0.4, 0.5) is 5.69 Å². The van der Waals surface area contributed by atoms with Crippen molar-refractivity contribution >= 4 is 45.5 Å². The van der Waals surface area contributed by atoms with E-state index in [1.165, 1.54) is 6.08 Å². The molecule has 5 rings (SSSR count). The van der Waals surface area contributed by atoms with Crippen molar-refractivity contribution in [2.45, 2.75) is 0 Å². The van der Waals surface area contributed by atoms with Gasteiger partial charge in [0.05, 0.1) is 11.7 Å². The number of rotatable bonds is 4. The van der Waals surface area contributed by atoms with Crippen LogP contribution in [0.5, 0.6) is 0 Å². The van der Waals surface area contributed by atoms with Gasteiger partial charge in [0.1, 0.15) is 5.65 Å². The Bertz CT molecular complexity index is 1360. The van der Waals surface area contributed by atoms with Crippen molar-refractivity contribution in [3.8, 4) is 0 Å². The van der Waals surface area contributed by atoms with Gasteiger partial charge in [0.2, 0.25) is 11.7 Å². The molecule has 1 aliphatic heterocycles. The number of aromatic nitrogens is 4. The van der Waals surface area contributed by atoms with E-state index in [9.17, 15) is 14.7 Å². The molecule has 1 aliphatic rings. The number of hydrogen-bond acceptors (Lipinski definition) is 6. The number of carbonyl (C=O) groups excluding carboxylic acids is 1. The summed E-state index contributed by atoms with van der Waals surface area (Å²) in [6.07, 6.45) is 6.50. The van der Waals surface area contributed by atoms with Crippen LogP contribution in [-0.4, -0.2) is 37.0 Å². The van der Waals surface area contributed by atoms with Crippen LogP contribution in [0.2, 0.25) is 0 Å². The van der Waals surface area contributed by atoms with Gasteiger partial charge in [-0.3, -0.25) is 9.89 Å². The molecule has 4 heterocycles. The lowest BCUT2D eigenvalue weighted by Gasteiger charge is -2.08. The van der Waals surface area contributed by atoms with Crippen molar-refractivity contribution in [1.29, 1.82) is 0 Å². The summed E-state index contributed by atoms with van der Waals surface area (Å²) in [5.41, 5.74) is 2.18. The predicted octanol–water partition coefficient (Wildman–Crippen LogP) is 2.79. The molecule has 9 nitrogen and oxygen atoms in total. The molecular formula is C20H13N5O4. The number of Topliss-reactive ketones (excluding diaryl/α,β-unsaturated/α-hetero) is 1. The number of benzene rings is 1. The molecule has 9 heteroatoms. The van der Waals surface area contributed by atoms with Crippen LogP contribution in [0.25, 0.3) is 28.0 Å². The average Bonchev–Trinajstić information content (AvgIpc) is 3.40. The molecule has 0 saturated carbocycles. The number of nitrogens with one attached hydrogen (secondary N) is 3. The van der Waals surface area contributed by atoms with Crippen LogP contribution in [0.1, 0.15) is 5.56 Å². The highest BCUT2D eigenvalue weighted by Gasteiger charge is 2.36. The Morgan fingerprint density at radius 2 is 2.17 bits per heavy atom. The zero-order valence-corrected chi connectivity index (χ0v) is 14.8. The largest absolute Gasteiger partial charge is 0.477 e. The minimum Gasteiger partial charge on any atom is -0.477 e. The second kappa shape index (κ2) is 6.34. The third-order valence-corrected chi connectivity index (χ3v) is 4.57. The zero-order chi connectivity index (χ0) is 20.0. The summed E-state index contributed by atoms with van der Waals surface area (Å²) in [7, 11) is 0. The van der Waals surface area contributed by atoms with E-state index in [0.29, 0.717) is 16.9 Å². The average molecular weight is 387 g/mol. The lowest BCUT2D eigenvalue weighted by atomic mass is 10.1. The lowest BCUT2D eigenvalue weighted by molar-refractivity contribution is -0.134. The molecule has 0 amide bonds. The number of ketones is 1. The van der Waals surface area contributed by atoms with Crippen LogP contribution >= 0.6 is 0 Å². The number of hydrogen-bond donors (Lipinski definition) is 4. The summed E-state index contributed by atoms with van der Waals surface area (Å²) in [5, 5.41) is 20.9. The molecule has 0 fully saturated rings. The van der Waals surface area contributed by atoms with Crippen LogP contribution in [0, 0.1) is 0 Å². The topological polar surface area (TPSA) is 133 Å². The first kappa shape index (κ1) is 16.8. The monoisotopic (exact) mass is 387 g/mol. The van der Waals surface area contributed by atoms with E-state index in [-0.39, 0.29) is 11.6 Å². The van der Waals surface area contributed by atoms with Crippen molar-refractivity contribution in [2.75, 3.05) is 5.32 Å². The van der Waals surface area contributed by atoms with Gasteiger partial charge >= 0.3 is 5.97 Å². The number of fused-ring (bicyclic) bond motifs is 2. The number of ether oxygens (including phenoxy) is 1. The highest BCUT2D eigenvalue weighted by atomic mass is 16.5. The first-order valence-corrected chi connectivity index (χ1v) is 8.64. The number of nitrogens with zero attached hydrogens (tertiary/aromatic N) is 2. The van der Waals surface area contributed by atoms with E-state index in [1.54, 1.807) is 36.8 Å². The Kier molecular flexibility index (Phi) is 3.66. The quantitative estimate of drug-likeness (QED) is 0.312. The Morgan fingerprint density at radius 1 is 1.28 bits per heavy atom. The van der Waals surface area contributed by atoms with Crippen molar-refractivity contribution in [2.24, 2.45) is 0 Å². The van der Waals surface area contributed by atoms with Gasteiger partial charge in [-0.15, -0.1) is 0 Å². The number of carbonyl (C=O) groups is 2. The Labute approximate surface area is 162 Å². The van der Waals surface area contributed by atoms with Gasteiger partial charge in [-0.2, -0.15) is 5.10 Å². The lowest BCUT2D eigenvalue weighted by Crippen LogP contribution is -2.12. The molecule has 0 aliphatic carbocycles. The van der Waals surface area contributed by atoms with Crippen LogP contribution < -0.4 is 5.32 Å². The normalized spacial score (nSPS) is 15.4. The molecular weight excluding hydrogens is 374 g/mol. The van der Waals surface area contributed by atoms with Gasteiger partial charge in [-0.05, 0) is 36.4 Å². The summed E-state index contributed by atoms with van der Waals surface area (Å²) in [5.74, 6) is -2.30. The number of carboxylic acids is 1. The van der Waals surface area contributed by atoms with E-state index in [0.717, 1.165) is 16.3 Å². The summed E-state index contributed by atoms with van der Waals surface area (Å²) in [4.78, 5) is 31.5. The molecule has 4 N–H and O–H groups in total. The van der Waals surface area contributed by atoms with Gasteiger partial charge in [0.15, 0.2) is 11.3 Å². The maximum atomic E-state index is 12.7. The SMILES string of the molecule is O=C(O)C1=C(Nc2ccc3cn[nH]c3c2)OC(=Cc2c[nH]c3ncccc23)C1=O. The Hall–Kier alpha value is -4.40. The van der Waals surface area contributed by atoms with E-state index < -0.39 is 17.3 Å². The summed E-state index contributed by atoms with van der Waals surface area (Å²) in [6, 6.07) is 8.92. The Balaban J connectivity index is 1.50. The molecule has 0 saturated heterocycles. The molecule has 3 aromatic heterocycles. The molecule has 0 spiro atoms. The molecule has 0 bridgehead atoms. The van der Waals surface area contributed by atoms with Gasteiger partial charge in [-0.1, -0.05) is 0 Å². The number of aromatic amines is 2. The molecule has 29 heavy (non-hydrogen) atoms. The second-order valence-corrected chi connectivity index (χ2v) is 6.39. The van der Waals surface area contributed by atoms with E-state index in [1.807, 2.05) is 12.1 Å². The summed E-state index contributed by atoms with van der Waals surface area (Å²) in [6.45, 7) is 0. The van der Waals surface area contributed by atoms with Crippen molar-refractivity contribution in [3.63, 3.8) is 0 Å². The number of carboxylic acid groups (broad SMARTS) is 1. The molecule has 1 aromatic carbocycles. The van der Waals surface area contributed by atoms with Crippen LogP contribution in [0.15, 0.2) is 66.1 Å². The fraction of sp³-hybridized carbons (Fsp3) is 0. The van der Waals surface area contributed by atoms with Crippen molar-refractivity contribution < 1.29 is 19.4 Å². The fourth-order valence-corrected chi connectivity index (χ4v) is 3.19. The zero-order valence-electron chi connectivity index (χ0n) is 14.8. The third kappa shape index (κ3) is 2.81. The minimum atomic E-state index is -1.37. The number of allylic oxidation sites excluding steroid dienone is 1. The number of pyridine rings is 1. The molecule has 142 valence electrons. The summed E-state index contributed by atoms with van der Waals surface area (Å²) < 4.78 is 5.61. The van der Waals surface area contributed by atoms with E-state index >= 15 is 0 Å². The number of H-pyrrole nitrogens is 2. The van der Waals surface area contributed by atoms with Crippen molar-refractivity contribution in [3.05, 3.63) is 71.7 Å². The number of anilines is 1. The van der Waals surface area contributed by atoms with Crippen molar-refractivity contribution in [1.82, 2.24) is 20.2 Å². The van der Waals surface area contributed by atoms with Gasteiger partial charge in [0, 0.05) is 34.4 Å².